The van der Waals surface area contributed by atoms with Crippen LogP contribution in [-0.4, -0.2) is 19.5 Å². The van der Waals surface area contributed by atoms with Gasteiger partial charge in [0, 0.05) is 6.54 Å². The number of nitrogens with one attached hydrogen (secondary N) is 1. The van der Waals surface area contributed by atoms with Crippen molar-refractivity contribution in [3.8, 4) is 0 Å². The minimum atomic E-state index is 0.279. The molecule has 0 saturated carbocycles. The largest absolute Gasteiger partial charge is 0.368 e. The van der Waals surface area contributed by atoms with Crippen LogP contribution in [-0.2, 0) is 6.54 Å². The predicted molar refractivity (Wildman–Crippen MR) is 62.0 cm³/mol. The van der Waals surface area contributed by atoms with Crippen molar-refractivity contribution in [2.75, 3.05) is 5.73 Å². The lowest BCUT2D eigenvalue weighted by atomic mass is 10.3. The van der Waals surface area contributed by atoms with Crippen molar-refractivity contribution in [2.45, 2.75) is 26.3 Å². The van der Waals surface area contributed by atoms with E-state index in [4.69, 9.17) is 18.0 Å². The fraction of sp³-hybridized carbons (Fsp3) is 0.444. The minimum Gasteiger partial charge on any atom is -0.368 e. The summed E-state index contributed by atoms with van der Waals surface area (Å²) in [5.41, 5.74) is 7.18. The first kappa shape index (κ1) is 10.1. The molecular weight excluding hydrogens is 210 g/mol. The molecule has 0 aliphatic carbocycles. The summed E-state index contributed by atoms with van der Waals surface area (Å²) in [6, 6.07) is 0. The molecule has 0 radical (unpaired) electrons. The second-order valence-corrected chi connectivity index (χ2v) is 3.79. The summed E-state index contributed by atoms with van der Waals surface area (Å²) in [5, 5.41) is 0. The molecule has 0 aromatic carbocycles. The Morgan fingerprint density at radius 2 is 2.40 bits per heavy atom. The van der Waals surface area contributed by atoms with Gasteiger partial charge >= 0.3 is 0 Å². The molecule has 0 amide bonds. The fourth-order valence-corrected chi connectivity index (χ4v) is 1.77. The Morgan fingerprint density at radius 3 is 3.13 bits per heavy atom. The first-order chi connectivity index (χ1) is 7.22. The Labute approximate surface area is 92.3 Å². The van der Waals surface area contributed by atoms with Gasteiger partial charge in [-0.15, -0.1) is 0 Å². The first-order valence-corrected chi connectivity index (χ1v) is 5.34. The molecule has 0 saturated heterocycles. The van der Waals surface area contributed by atoms with Gasteiger partial charge < -0.3 is 15.3 Å². The molecule has 0 spiro atoms. The highest BCUT2D eigenvalue weighted by Gasteiger charge is 2.05. The van der Waals surface area contributed by atoms with E-state index < -0.39 is 0 Å². The molecule has 0 aliphatic rings. The average Bonchev–Trinajstić information content (AvgIpc) is 2.51. The second-order valence-electron chi connectivity index (χ2n) is 3.40. The summed E-state index contributed by atoms with van der Waals surface area (Å²) < 4.78 is 2.64. The van der Waals surface area contributed by atoms with Crippen LogP contribution in [0, 0.1) is 4.77 Å². The van der Waals surface area contributed by atoms with Crippen molar-refractivity contribution in [1.82, 2.24) is 19.5 Å². The third kappa shape index (κ3) is 1.85. The fourth-order valence-electron chi connectivity index (χ4n) is 1.48. The van der Waals surface area contributed by atoms with Crippen molar-refractivity contribution in [3.05, 3.63) is 11.0 Å². The maximum absolute atomic E-state index is 5.55. The van der Waals surface area contributed by atoms with Crippen LogP contribution in [0.5, 0.6) is 0 Å². The number of hydrogen-bond acceptors (Lipinski definition) is 4. The highest BCUT2D eigenvalue weighted by Crippen LogP contribution is 2.12. The molecule has 2 rings (SSSR count). The Bertz CT molecular complexity index is 527. The maximum atomic E-state index is 5.55. The number of anilines is 1. The Hall–Kier alpha value is -1.43. The van der Waals surface area contributed by atoms with Crippen LogP contribution >= 0.6 is 12.2 Å². The molecule has 3 N–H and O–H groups in total. The number of H-pyrrole nitrogens is 1. The SMILES string of the molecule is CCCCn1c(=S)[nH]c2cnc(N)nc21. The molecule has 0 fully saturated rings. The van der Waals surface area contributed by atoms with Crippen molar-refractivity contribution < 1.29 is 0 Å². The monoisotopic (exact) mass is 223 g/mol. The number of aryl methyl sites for hydroxylation is 1. The van der Waals surface area contributed by atoms with Crippen LogP contribution in [0.3, 0.4) is 0 Å². The average molecular weight is 223 g/mol. The van der Waals surface area contributed by atoms with E-state index in [-0.39, 0.29) is 5.95 Å². The zero-order chi connectivity index (χ0) is 10.8. The molecule has 2 heterocycles. The van der Waals surface area contributed by atoms with Gasteiger partial charge in [0.1, 0.15) is 5.52 Å². The highest BCUT2D eigenvalue weighted by molar-refractivity contribution is 7.71. The lowest BCUT2D eigenvalue weighted by Crippen LogP contribution is -2.01. The minimum absolute atomic E-state index is 0.279. The van der Waals surface area contributed by atoms with E-state index in [9.17, 15) is 0 Å². The van der Waals surface area contributed by atoms with Crippen molar-refractivity contribution >= 4 is 29.3 Å². The number of unbranched alkanes of at least 4 members (excludes halogenated alkanes) is 1. The number of imidazole rings is 1. The van der Waals surface area contributed by atoms with Crippen molar-refractivity contribution in [1.29, 1.82) is 0 Å². The number of aromatic nitrogens is 4. The predicted octanol–water partition coefficient (Wildman–Crippen LogP) is 1.87. The third-order valence-corrected chi connectivity index (χ3v) is 2.59. The van der Waals surface area contributed by atoms with Crippen LogP contribution in [0.4, 0.5) is 5.95 Å². The number of aromatic amines is 1. The molecule has 2 aromatic rings. The van der Waals surface area contributed by atoms with E-state index in [1.807, 2.05) is 4.57 Å². The molecule has 0 unspecified atom stereocenters. The summed E-state index contributed by atoms with van der Waals surface area (Å²) in [6.07, 6.45) is 3.86. The summed E-state index contributed by atoms with van der Waals surface area (Å²) in [4.78, 5) is 11.2. The summed E-state index contributed by atoms with van der Waals surface area (Å²) in [7, 11) is 0. The number of nitrogens with zero attached hydrogens (tertiary/aromatic N) is 3. The Kier molecular flexibility index (Phi) is 2.68. The van der Waals surface area contributed by atoms with E-state index in [2.05, 4.69) is 21.9 Å². The quantitative estimate of drug-likeness (QED) is 0.779. The third-order valence-electron chi connectivity index (χ3n) is 2.26. The van der Waals surface area contributed by atoms with Gasteiger partial charge in [-0.2, -0.15) is 4.98 Å². The van der Waals surface area contributed by atoms with Gasteiger partial charge in [-0.3, -0.25) is 0 Å². The van der Waals surface area contributed by atoms with Crippen LogP contribution in [0.25, 0.3) is 11.2 Å². The first-order valence-electron chi connectivity index (χ1n) is 4.93. The number of rotatable bonds is 3. The lowest BCUT2D eigenvalue weighted by molar-refractivity contribution is 0.635. The topological polar surface area (TPSA) is 72.5 Å². The van der Waals surface area contributed by atoms with Crippen LogP contribution < -0.4 is 5.73 Å². The van der Waals surface area contributed by atoms with E-state index >= 15 is 0 Å². The highest BCUT2D eigenvalue weighted by atomic mass is 32.1. The van der Waals surface area contributed by atoms with Gasteiger partial charge in [0.15, 0.2) is 10.4 Å². The molecule has 15 heavy (non-hydrogen) atoms. The van der Waals surface area contributed by atoms with Crippen LogP contribution in [0.2, 0.25) is 0 Å². The Balaban J connectivity index is 2.55. The molecule has 6 heteroatoms. The van der Waals surface area contributed by atoms with Gasteiger partial charge in [-0.05, 0) is 18.6 Å². The Morgan fingerprint density at radius 1 is 1.60 bits per heavy atom. The van der Waals surface area contributed by atoms with Crippen LogP contribution in [0.15, 0.2) is 6.20 Å². The number of fused-ring (bicyclic) bond motifs is 1. The van der Waals surface area contributed by atoms with Gasteiger partial charge in [0.25, 0.3) is 0 Å². The number of hydrogen-bond donors (Lipinski definition) is 2. The van der Waals surface area contributed by atoms with Gasteiger partial charge in [-0.25, -0.2) is 4.98 Å². The van der Waals surface area contributed by atoms with E-state index in [1.54, 1.807) is 6.20 Å². The van der Waals surface area contributed by atoms with Gasteiger partial charge in [0.2, 0.25) is 5.95 Å². The zero-order valence-electron chi connectivity index (χ0n) is 8.53. The molecule has 5 nitrogen and oxygen atoms in total. The normalized spacial score (nSPS) is 11.0. The summed E-state index contributed by atoms with van der Waals surface area (Å²) in [6.45, 7) is 3.01. The zero-order valence-corrected chi connectivity index (χ0v) is 9.34. The molecule has 0 atom stereocenters. The van der Waals surface area contributed by atoms with Gasteiger partial charge in [0.05, 0.1) is 6.20 Å². The molecule has 0 bridgehead atoms. The molecule has 0 aliphatic heterocycles. The summed E-state index contributed by atoms with van der Waals surface area (Å²) >= 11 is 5.21. The van der Waals surface area contributed by atoms with Crippen LogP contribution in [0.1, 0.15) is 19.8 Å². The maximum Gasteiger partial charge on any atom is 0.222 e. The van der Waals surface area contributed by atoms with Gasteiger partial charge in [-0.1, -0.05) is 13.3 Å². The number of nitrogen functional groups attached to an aromatic ring is 1. The number of nitrogens with two attached hydrogens (primary N) is 1. The van der Waals surface area contributed by atoms with E-state index in [0.29, 0.717) is 4.77 Å². The molecular formula is C9H13N5S. The summed E-state index contributed by atoms with van der Waals surface area (Å²) in [5.74, 6) is 0.279. The van der Waals surface area contributed by atoms with E-state index in [0.717, 1.165) is 30.6 Å². The molecule has 2 aromatic heterocycles. The standard InChI is InChI=1S/C9H13N5S/c1-2-3-4-14-7-6(12-9(14)15)5-11-8(10)13-7/h5H,2-4H2,1H3,(H,12,15)(H2,10,11,13). The van der Waals surface area contributed by atoms with Crippen molar-refractivity contribution in [3.63, 3.8) is 0 Å². The van der Waals surface area contributed by atoms with E-state index in [1.165, 1.54) is 0 Å². The lowest BCUT2D eigenvalue weighted by Gasteiger charge is -2.01. The smallest absolute Gasteiger partial charge is 0.222 e. The molecule has 80 valence electrons. The second kappa shape index (κ2) is 3.98. The van der Waals surface area contributed by atoms with Crippen molar-refractivity contribution in [2.24, 2.45) is 0 Å².